The van der Waals surface area contributed by atoms with Gasteiger partial charge in [0.25, 0.3) is 5.91 Å². The highest BCUT2D eigenvalue weighted by molar-refractivity contribution is 7.89. The van der Waals surface area contributed by atoms with Crippen LogP contribution in [0.1, 0.15) is 27.7 Å². The van der Waals surface area contributed by atoms with Crippen molar-refractivity contribution >= 4 is 27.3 Å². The first-order chi connectivity index (χ1) is 13.4. The molecule has 0 heterocycles. The van der Waals surface area contributed by atoms with Gasteiger partial charge in [-0.25, -0.2) is 13.1 Å². The third kappa shape index (κ3) is 6.26. The number of sulfonamides is 1. The Morgan fingerprint density at radius 3 is 2.24 bits per heavy atom. The predicted octanol–water partition coefficient (Wildman–Crippen LogP) is 3.08. The third-order valence-electron chi connectivity index (χ3n) is 3.61. The van der Waals surface area contributed by atoms with E-state index in [0.717, 1.165) is 0 Å². The molecule has 156 valence electrons. The van der Waals surface area contributed by atoms with E-state index in [1.54, 1.807) is 26.8 Å². The van der Waals surface area contributed by atoms with E-state index in [1.807, 2.05) is 0 Å². The van der Waals surface area contributed by atoms with Crippen LogP contribution < -0.4 is 14.8 Å². The van der Waals surface area contributed by atoms with Gasteiger partial charge in [-0.1, -0.05) is 12.1 Å². The van der Waals surface area contributed by atoms with Crippen LogP contribution in [0.5, 0.6) is 5.75 Å². The van der Waals surface area contributed by atoms with E-state index in [0.29, 0.717) is 5.69 Å². The van der Waals surface area contributed by atoms with Gasteiger partial charge in [0, 0.05) is 17.3 Å². The Kier molecular flexibility index (Phi) is 6.60. The van der Waals surface area contributed by atoms with Crippen molar-refractivity contribution in [2.45, 2.75) is 44.2 Å². The number of nitro groups is 1. The molecular weight excluding hydrogens is 398 g/mol. The molecule has 0 aliphatic heterocycles. The molecule has 0 aliphatic rings. The molecule has 0 aromatic heterocycles. The summed E-state index contributed by atoms with van der Waals surface area (Å²) in [7, 11) is -3.68. The second-order valence-corrected chi connectivity index (χ2v) is 9.04. The first kappa shape index (κ1) is 22.3. The number of nitrogens with zero attached hydrogens (tertiary/aromatic N) is 1. The van der Waals surface area contributed by atoms with E-state index < -0.39 is 32.5 Å². The standard InChI is InChI=1S/C19H23N3O6S/c1-13(28-17-8-6-5-7-16(17)22(24)25)18(23)20-14-9-11-15(12-10-14)29(26,27)21-19(2,3)4/h5-13,21H,1-4H3,(H,20,23). The second-order valence-electron chi connectivity index (χ2n) is 7.35. The lowest BCUT2D eigenvalue weighted by Gasteiger charge is -2.20. The monoisotopic (exact) mass is 421 g/mol. The predicted molar refractivity (Wildman–Crippen MR) is 108 cm³/mol. The molecular formula is C19H23N3O6S. The first-order valence-electron chi connectivity index (χ1n) is 8.74. The van der Waals surface area contributed by atoms with Crippen molar-refractivity contribution in [2.24, 2.45) is 0 Å². The largest absolute Gasteiger partial charge is 0.474 e. The summed E-state index contributed by atoms with van der Waals surface area (Å²) in [5.74, 6) is -0.554. The smallest absolute Gasteiger partial charge is 0.310 e. The number of nitrogens with one attached hydrogen (secondary N) is 2. The molecule has 0 aliphatic carbocycles. The van der Waals surface area contributed by atoms with Crippen LogP contribution >= 0.6 is 0 Å². The minimum absolute atomic E-state index is 0.0187. The molecule has 0 fully saturated rings. The van der Waals surface area contributed by atoms with Crippen LogP contribution in [-0.4, -0.2) is 30.9 Å². The van der Waals surface area contributed by atoms with Gasteiger partial charge >= 0.3 is 5.69 Å². The fourth-order valence-corrected chi connectivity index (χ4v) is 3.79. The summed E-state index contributed by atoms with van der Waals surface area (Å²) in [6, 6.07) is 11.4. The van der Waals surface area contributed by atoms with Gasteiger partial charge in [0.15, 0.2) is 11.9 Å². The Bertz CT molecular complexity index is 997. The van der Waals surface area contributed by atoms with Gasteiger partial charge in [-0.15, -0.1) is 0 Å². The first-order valence-corrected chi connectivity index (χ1v) is 10.2. The number of hydrogen-bond acceptors (Lipinski definition) is 6. The zero-order chi connectivity index (χ0) is 21.8. The molecule has 1 unspecified atom stereocenters. The Labute approximate surface area is 169 Å². The van der Waals surface area contributed by atoms with E-state index in [-0.39, 0.29) is 16.3 Å². The summed E-state index contributed by atoms with van der Waals surface area (Å²) in [4.78, 5) is 22.8. The van der Waals surface area contributed by atoms with E-state index >= 15 is 0 Å². The number of ether oxygens (including phenoxy) is 1. The van der Waals surface area contributed by atoms with Crippen molar-refractivity contribution in [3.63, 3.8) is 0 Å². The summed E-state index contributed by atoms with van der Waals surface area (Å²) in [5, 5.41) is 13.6. The third-order valence-corrected chi connectivity index (χ3v) is 5.38. The van der Waals surface area contributed by atoms with Gasteiger partial charge in [0.05, 0.1) is 9.82 Å². The van der Waals surface area contributed by atoms with Crippen molar-refractivity contribution in [3.05, 3.63) is 58.6 Å². The maximum atomic E-state index is 12.3. The lowest BCUT2D eigenvalue weighted by atomic mass is 10.1. The topological polar surface area (TPSA) is 128 Å². The molecule has 0 saturated carbocycles. The van der Waals surface area contributed by atoms with Crippen LogP contribution in [0.25, 0.3) is 0 Å². The summed E-state index contributed by atoms with van der Waals surface area (Å²) < 4.78 is 32.6. The van der Waals surface area contributed by atoms with Crippen LogP contribution in [0.2, 0.25) is 0 Å². The van der Waals surface area contributed by atoms with Crippen LogP contribution in [0.4, 0.5) is 11.4 Å². The molecule has 2 rings (SSSR count). The Morgan fingerprint density at radius 1 is 1.10 bits per heavy atom. The van der Waals surface area contributed by atoms with Gasteiger partial charge in [0.2, 0.25) is 10.0 Å². The molecule has 0 radical (unpaired) electrons. The lowest BCUT2D eigenvalue weighted by molar-refractivity contribution is -0.386. The van der Waals surface area contributed by atoms with Crippen molar-refractivity contribution in [1.29, 1.82) is 0 Å². The number of rotatable bonds is 7. The molecule has 1 amide bonds. The lowest BCUT2D eigenvalue weighted by Crippen LogP contribution is -2.40. The quantitative estimate of drug-likeness (QED) is 0.522. The van der Waals surface area contributed by atoms with E-state index in [4.69, 9.17) is 4.74 Å². The summed E-state index contributed by atoms with van der Waals surface area (Å²) >= 11 is 0. The highest BCUT2D eigenvalue weighted by Crippen LogP contribution is 2.27. The van der Waals surface area contributed by atoms with Crippen LogP contribution in [0.3, 0.4) is 0 Å². The highest BCUT2D eigenvalue weighted by atomic mass is 32.2. The Morgan fingerprint density at radius 2 is 1.69 bits per heavy atom. The van der Waals surface area contributed by atoms with Gasteiger partial charge in [-0.3, -0.25) is 14.9 Å². The van der Waals surface area contributed by atoms with Crippen molar-refractivity contribution in [2.75, 3.05) is 5.32 Å². The number of carbonyl (C=O) groups excluding carboxylic acids is 1. The summed E-state index contributed by atoms with van der Waals surface area (Å²) in [5.41, 5.74) is -0.505. The average Bonchev–Trinajstić information content (AvgIpc) is 2.60. The maximum Gasteiger partial charge on any atom is 0.310 e. The number of carbonyl (C=O) groups is 1. The van der Waals surface area contributed by atoms with E-state index in [2.05, 4.69) is 10.0 Å². The number of nitro benzene ring substituents is 1. The molecule has 29 heavy (non-hydrogen) atoms. The normalized spacial score (nSPS) is 12.8. The number of anilines is 1. The fourth-order valence-electron chi connectivity index (χ4n) is 2.37. The number of amides is 1. The highest BCUT2D eigenvalue weighted by Gasteiger charge is 2.23. The van der Waals surface area contributed by atoms with Gasteiger partial charge in [0.1, 0.15) is 0 Å². The van der Waals surface area contributed by atoms with Crippen LogP contribution in [0, 0.1) is 10.1 Å². The fraction of sp³-hybridized carbons (Fsp3) is 0.316. The average molecular weight is 421 g/mol. The number of hydrogen-bond donors (Lipinski definition) is 2. The van der Waals surface area contributed by atoms with E-state index in [1.165, 1.54) is 49.4 Å². The van der Waals surface area contributed by atoms with Crippen molar-refractivity contribution in [3.8, 4) is 5.75 Å². The van der Waals surface area contributed by atoms with Gasteiger partial charge in [-0.2, -0.15) is 0 Å². The minimum atomic E-state index is -3.68. The van der Waals surface area contributed by atoms with Crippen LogP contribution in [0.15, 0.2) is 53.4 Å². The maximum absolute atomic E-state index is 12.3. The molecule has 2 aromatic carbocycles. The van der Waals surface area contributed by atoms with Gasteiger partial charge in [-0.05, 0) is 58.0 Å². The summed E-state index contributed by atoms with van der Waals surface area (Å²) in [6.45, 7) is 6.66. The number of para-hydroxylation sites is 2. The SMILES string of the molecule is CC(Oc1ccccc1[N+](=O)[O-])C(=O)Nc1ccc(S(=O)(=O)NC(C)(C)C)cc1. The van der Waals surface area contributed by atoms with Gasteiger partial charge < -0.3 is 10.1 Å². The van der Waals surface area contributed by atoms with Crippen molar-refractivity contribution in [1.82, 2.24) is 4.72 Å². The molecule has 1 atom stereocenters. The Hall–Kier alpha value is -2.98. The van der Waals surface area contributed by atoms with Crippen LogP contribution in [-0.2, 0) is 14.8 Å². The summed E-state index contributed by atoms with van der Waals surface area (Å²) in [6.07, 6.45) is -1.01. The zero-order valence-corrected chi connectivity index (χ0v) is 17.3. The second kappa shape index (κ2) is 8.58. The number of benzene rings is 2. The zero-order valence-electron chi connectivity index (χ0n) is 16.5. The molecule has 10 heteroatoms. The molecule has 0 saturated heterocycles. The van der Waals surface area contributed by atoms with Crippen molar-refractivity contribution < 1.29 is 22.9 Å². The van der Waals surface area contributed by atoms with E-state index in [9.17, 15) is 23.3 Å². The minimum Gasteiger partial charge on any atom is -0.474 e. The molecule has 2 aromatic rings. The molecule has 9 nitrogen and oxygen atoms in total. The molecule has 2 N–H and O–H groups in total. The molecule has 0 spiro atoms. The molecule has 0 bridgehead atoms. The Balaban J connectivity index is 2.07.